The van der Waals surface area contributed by atoms with Crippen LogP contribution in [-0.4, -0.2) is 22.8 Å². The average Bonchev–Trinajstić information content (AvgIpc) is 2.90. The highest BCUT2D eigenvalue weighted by Crippen LogP contribution is 2.36. The predicted molar refractivity (Wildman–Crippen MR) is 65.1 cm³/mol. The number of aliphatic hydroxyl groups excluding tert-OH is 1. The highest BCUT2D eigenvalue weighted by atomic mass is 16.3. The summed E-state index contributed by atoms with van der Waals surface area (Å²) in [5, 5.41) is 13.0. The summed E-state index contributed by atoms with van der Waals surface area (Å²) >= 11 is 0. The molecular weight excluding hydrogens is 200 g/mol. The zero-order valence-corrected chi connectivity index (χ0v) is 10.1. The van der Waals surface area contributed by atoms with Crippen LogP contribution in [0.1, 0.15) is 31.4 Å². The van der Waals surface area contributed by atoms with E-state index in [2.05, 4.69) is 35.3 Å². The summed E-state index contributed by atoms with van der Waals surface area (Å²) in [4.78, 5) is 0. The molecule has 1 aliphatic carbocycles. The van der Waals surface area contributed by atoms with Gasteiger partial charge in [-0.2, -0.15) is 0 Å². The summed E-state index contributed by atoms with van der Waals surface area (Å²) in [6, 6.07) is 4.20. The molecule has 16 heavy (non-hydrogen) atoms. The molecule has 3 nitrogen and oxygen atoms in total. The third kappa shape index (κ3) is 2.47. The van der Waals surface area contributed by atoms with Gasteiger partial charge in [0.05, 0.1) is 0 Å². The molecule has 1 fully saturated rings. The van der Waals surface area contributed by atoms with Crippen LogP contribution in [0.4, 0.5) is 0 Å². The zero-order chi connectivity index (χ0) is 11.4. The number of hydrogen-bond donors (Lipinski definition) is 2. The third-order valence-corrected chi connectivity index (χ3v) is 3.86. The molecule has 0 spiro atoms. The number of rotatable bonds is 5. The zero-order valence-electron chi connectivity index (χ0n) is 10.1. The number of aliphatic hydroxyl groups is 1. The van der Waals surface area contributed by atoms with Crippen molar-refractivity contribution in [1.29, 1.82) is 0 Å². The lowest BCUT2D eigenvalue weighted by Crippen LogP contribution is -2.35. The summed E-state index contributed by atoms with van der Waals surface area (Å²) in [5.41, 5.74) is 1.46. The molecule has 2 N–H and O–H groups in total. The molecule has 1 aromatic heterocycles. The molecule has 1 saturated carbocycles. The number of nitrogens with zero attached hydrogens (tertiary/aromatic N) is 1. The smallest absolute Gasteiger partial charge is 0.0499 e. The Bertz CT molecular complexity index is 326. The first-order valence-electron chi connectivity index (χ1n) is 6.18. The Morgan fingerprint density at radius 1 is 1.44 bits per heavy atom. The lowest BCUT2D eigenvalue weighted by atomic mass is 9.87. The van der Waals surface area contributed by atoms with Gasteiger partial charge in [-0.1, -0.05) is 12.8 Å². The molecule has 3 heteroatoms. The molecule has 0 atom stereocenters. The Kier molecular flexibility index (Phi) is 3.66. The Balaban J connectivity index is 1.81. The van der Waals surface area contributed by atoms with Crippen LogP contribution < -0.4 is 5.32 Å². The molecule has 90 valence electrons. The summed E-state index contributed by atoms with van der Waals surface area (Å²) in [5.74, 6) is 0. The number of hydrogen-bond acceptors (Lipinski definition) is 2. The van der Waals surface area contributed by atoms with Gasteiger partial charge < -0.3 is 15.0 Å². The fraction of sp³-hybridized carbons (Fsp3) is 0.692. The molecule has 1 heterocycles. The van der Waals surface area contributed by atoms with Gasteiger partial charge >= 0.3 is 0 Å². The van der Waals surface area contributed by atoms with E-state index >= 15 is 0 Å². The topological polar surface area (TPSA) is 37.2 Å². The van der Waals surface area contributed by atoms with Crippen molar-refractivity contribution in [2.75, 3.05) is 13.2 Å². The minimum absolute atomic E-state index is 0.158. The van der Waals surface area contributed by atoms with E-state index in [-0.39, 0.29) is 5.41 Å². The molecule has 2 rings (SSSR count). The molecule has 0 aromatic carbocycles. The fourth-order valence-electron chi connectivity index (χ4n) is 2.65. The van der Waals surface area contributed by atoms with Gasteiger partial charge in [0.15, 0.2) is 0 Å². The van der Waals surface area contributed by atoms with Crippen molar-refractivity contribution in [2.24, 2.45) is 12.5 Å². The second-order valence-electron chi connectivity index (χ2n) is 5.08. The second kappa shape index (κ2) is 5.02. The largest absolute Gasteiger partial charge is 0.396 e. The van der Waals surface area contributed by atoms with Crippen LogP contribution in [-0.2, 0) is 13.6 Å². The van der Waals surface area contributed by atoms with Crippen molar-refractivity contribution < 1.29 is 5.11 Å². The van der Waals surface area contributed by atoms with Crippen LogP contribution >= 0.6 is 0 Å². The van der Waals surface area contributed by atoms with E-state index in [9.17, 15) is 5.11 Å². The van der Waals surface area contributed by atoms with Gasteiger partial charge in [-0.3, -0.25) is 0 Å². The van der Waals surface area contributed by atoms with Crippen molar-refractivity contribution >= 4 is 0 Å². The highest BCUT2D eigenvalue weighted by molar-refractivity contribution is 5.06. The van der Waals surface area contributed by atoms with E-state index in [4.69, 9.17) is 0 Å². The maximum absolute atomic E-state index is 9.48. The van der Waals surface area contributed by atoms with E-state index in [0.717, 1.165) is 13.1 Å². The molecule has 0 amide bonds. The van der Waals surface area contributed by atoms with Crippen LogP contribution in [0.25, 0.3) is 0 Å². The van der Waals surface area contributed by atoms with Crippen LogP contribution in [0.15, 0.2) is 18.3 Å². The van der Waals surface area contributed by atoms with E-state index in [1.807, 2.05) is 0 Å². The first-order valence-corrected chi connectivity index (χ1v) is 6.18. The minimum atomic E-state index is 0.158. The predicted octanol–water partition coefficient (Wildman–Crippen LogP) is 1.67. The first-order chi connectivity index (χ1) is 7.76. The SMILES string of the molecule is Cn1cccc1CNCC1(CO)CCCC1. The van der Waals surface area contributed by atoms with E-state index in [1.165, 1.54) is 31.4 Å². The maximum atomic E-state index is 9.48. The van der Waals surface area contributed by atoms with E-state index in [1.54, 1.807) is 0 Å². The molecule has 0 saturated heterocycles. The van der Waals surface area contributed by atoms with Crippen LogP contribution in [0.3, 0.4) is 0 Å². The van der Waals surface area contributed by atoms with Crippen molar-refractivity contribution in [3.63, 3.8) is 0 Å². The summed E-state index contributed by atoms with van der Waals surface area (Å²) in [6.07, 6.45) is 6.94. The van der Waals surface area contributed by atoms with Gasteiger partial charge in [0.25, 0.3) is 0 Å². The number of aromatic nitrogens is 1. The minimum Gasteiger partial charge on any atom is -0.396 e. The van der Waals surface area contributed by atoms with Gasteiger partial charge in [-0.15, -0.1) is 0 Å². The summed E-state index contributed by atoms with van der Waals surface area (Å²) in [6.45, 7) is 2.16. The van der Waals surface area contributed by atoms with Gasteiger partial charge in [-0.25, -0.2) is 0 Å². The standard InChI is InChI=1S/C13H22N2O/c1-15-8-4-5-12(15)9-14-10-13(11-16)6-2-3-7-13/h4-5,8,14,16H,2-3,6-7,9-11H2,1H3. The van der Waals surface area contributed by atoms with Crippen LogP contribution in [0, 0.1) is 5.41 Å². The summed E-state index contributed by atoms with van der Waals surface area (Å²) in [7, 11) is 2.06. The molecular formula is C13H22N2O. The Morgan fingerprint density at radius 3 is 2.75 bits per heavy atom. The van der Waals surface area contributed by atoms with Crippen LogP contribution in [0.5, 0.6) is 0 Å². The Hall–Kier alpha value is -0.800. The molecule has 0 bridgehead atoms. The second-order valence-corrected chi connectivity index (χ2v) is 5.08. The van der Waals surface area contributed by atoms with Crippen LogP contribution in [0.2, 0.25) is 0 Å². The van der Waals surface area contributed by atoms with Gasteiger partial charge in [0.2, 0.25) is 0 Å². The van der Waals surface area contributed by atoms with E-state index < -0.39 is 0 Å². The summed E-state index contributed by atoms with van der Waals surface area (Å²) < 4.78 is 2.13. The molecule has 0 unspecified atom stereocenters. The quantitative estimate of drug-likeness (QED) is 0.795. The molecule has 0 radical (unpaired) electrons. The Labute approximate surface area is 97.5 Å². The van der Waals surface area contributed by atoms with Crippen molar-refractivity contribution in [3.8, 4) is 0 Å². The average molecular weight is 222 g/mol. The van der Waals surface area contributed by atoms with E-state index in [0.29, 0.717) is 6.61 Å². The number of aryl methyl sites for hydroxylation is 1. The first kappa shape index (κ1) is 11.7. The third-order valence-electron chi connectivity index (χ3n) is 3.86. The lowest BCUT2D eigenvalue weighted by Gasteiger charge is -2.26. The maximum Gasteiger partial charge on any atom is 0.0499 e. The molecule has 0 aliphatic heterocycles. The normalized spacial score (nSPS) is 19.1. The molecule has 1 aromatic rings. The Morgan fingerprint density at radius 2 is 2.19 bits per heavy atom. The fourth-order valence-corrected chi connectivity index (χ4v) is 2.65. The lowest BCUT2D eigenvalue weighted by molar-refractivity contribution is 0.128. The van der Waals surface area contributed by atoms with Gasteiger partial charge in [0.1, 0.15) is 0 Å². The van der Waals surface area contributed by atoms with Gasteiger partial charge in [0, 0.05) is 44.0 Å². The van der Waals surface area contributed by atoms with Crippen molar-refractivity contribution in [2.45, 2.75) is 32.2 Å². The molecule has 1 aliphatic rings. The van der Waals surface area contributed by atoms with Crippen molar-refractivity contribution in [1.82, 2.24) is 9.88 Å². The van der Waals surface area contributed by atoms with Gasteiger partial charge in [-0.05, 0) is 25.0 Å². The van der Waals surface area contributed by atoms with Crippen molar-refractivity contribution in [3.05, 3.63) is 24.0 Å². The number of nitrogens with one attached hydrogen (secondary N) is 1. The monoisotopic (exact) mass is 222 g/mol. The highest BCUT2D eigenvalue weighted by Gasteiger charge is 2.32.